The van der Waals surface area contributed by atoms with E-state index in [0.717, 1.165) is 30.0 Å². The van der Waals surface area contributed by atoms with Gasteiger partial charge in [-0.05, 0) is 23.8 Å². The van der Waals surface area contributed by atoms with Gasteiger partial charge in [0.15, 0.2) is 0 Å². The number of benzene rings is 1. The number of hydrogen-bond donors (Lipinski definition) is 1. The van der Waals surface area contributed by atoms with E-state index in [0.29, 0.717) is 11.1 Å². The van der Waals surface area contributed by atoms with Crippen LogP contribution in [0.25, 0.3) is 11.3 Å². The van der Waals surface area contributed by atoms with Crippen LogP contribution in [0, 0.1) is 0 Å². The monoisotopic (exact) mass is 249 g/mol. The van der Waals surface area contributed by atoms with Crippen molar-refractivity contribution in [2.75, 3.05) is 12.3 Å². The number of imidazole rings is 1. The van der Waals surface area contributed by atoms with Crippen molar-refractivity contribution in [2.45, 2.75) is 6.42 Å². The van der Waals surface area contributed by atoms with E-state index in [1.807, 2.05) is 12.1 Å². The molecule has 0 fully saturated rings. The number of ether oxygens (including phenoxy) is 1. The van der Waals surface area contributed by atoms with Gasteiger partial charge in [-0.3, -0.25) is 0 Å². The van der Waals surface area contributed by atoms with Gasteiger partial charge in [0.05, 0.1) is 6.61 Å². The zero-order chi connectivity index (χ0) is 12.0. The van der Waals surface area contributed by atoms with Gasteiger partial charge < -0.3 is 15.0 Å². The van der Waals surface area contributed by atoms with Crippen molar-refractivity contribution in [3.8, 4) is 17.0 Å². The lowest BCUT2D eigenvalue weighted by Crippen LogP contribution is -1.96. The number of nitrogens with zero attached hydrogens (tertiary/aromatic N) is 2. The minimum atomic E-state index is 0.418. The molecule has 2 aromatic rings. The largest absolute Gasteiger partial charge is 0.493 e. The SMILES string of the molecule is Cn1c(N)nc(-c2ccc3c(c2)CCO3)c1Cl. The highest BCUT2D eigenvalue weighted by atomic mass is 35.5. The standard InChI is InChI=1S/C12H12ClN3O/c1-16-11(13)10(15-12(16)14)8-2-3-9-7(6-8)4-5-17-9/h2-3,6H,4-5H2,1H3,(H2,14,15). The third-order valence-corrected chi connectivity index (χ3v) is 3.46. The number of rotatable bonds is 1. The second-order valence-electron chi connectivity index (χ2n) is 4.09. The lowest BCUT2D eigenvalue weighted by molar-refractivity contribution is 0.357. The Morgan fingerprint density at radius 2 is 2.29 bits per heavy atom. The quantitative estimate of drug-likeness (QED) is 0.844. The molecule has 0 bridgehead atoms. The molecule has 5 heteroatoms. The van der Waals surface area contributed by atoms with Gasteiger partial charge in [0.1, 0.15) is 16.6 Å². The summed E-state index contributed by atoms with van der Waals surface area (Å²) in [6.45, 7) is 0.747. The van der Waals surface area contributed by atoms with Gasteiger partial charge in [-0.2, -0.15) is 0 Å². The zero-order valence-electron chi connectivity index (χ0n) is 9.40. The third-order valence-electron chi connectivity index (χ3n) is 3.02. The lowest BCUT2D eigenvalue weighted by atomic mass is 10.1. The van der Waals surface area contributed by atoms with Crippen LogP contribution in [0.4, 0.5) is 5.95 Å². The summed E-state index contributed by atoms with van der Waals surface area (Å²) < 4.78 is 7.13. The van der Waals surface area contributed by atoms with Crippen LogP contribution < -0.4 is 10.5 Å². The van der Waals surface area contributed by atoms with E-state index in [2.05, 4.69) is 11.1 Å². The van der Waals surface area contributed by atoms with Crippen molar-refractivity contribution in [3.05, 3.63) is 28.9 Å². The van der Waals surface area contributed by atoms with Crippen molar-refractivity contribution in [3.63, 3.8) is 0 Å². The number of halogens is 1. The fourth-order valence-corrected chi connectivity index (χ4v) is 2.25. The number of anilines is 1. The van der Waals surface area contributed by atoms with Crippen LogP contribution in [0.5, 0.6) is 5.75 Å². The topological polar surface area (TPSA) is 53.1 Å². The molecule has 3 rings (SSSR count). The summed E-state index contributed by atoms with van der Waals surface area (Å²) >= 11 is 6.19. The van der Waals surface area contributed by atoms with E-state index in [9.17, 15) is 0 Å². The maximum Gasteiger partial charge on any atom is 0.201 e. The van der Waals surface area contributed by atoms with E-state index in [1.54, 1.807) is 11.6 Å². The molecule has 0 aliphatic carbocycles. The van der Waals surface area contributed by atoms with Gasteiger partial charge in [-0.1, -0.05) is 11.6 Å². The Labute approximate surface area is 104 Å². The van der Waals surface area contributed by atoms with Crippen molar-refractivity contribution in [1.29, 1.82) is 0 Å². The average molecular weight is 250 g/mol. The zero-order valence-corrected chi connectivity index (χ0v) is 10.2. The van der Waals surface area contributed by atoms with Crippen LogP contribution in [0.2, 0.25) is 5.15 Å². The Balaban J connectivity index is 2.12. The van der Waals surface area contributed by atoms with Crippen molar-refractivity contribution >= 4 is 17.5 Å². The molecule has 0 radical (unpaired) electrons. The van der Waals surface area contributed by atoms with Crippen LogP contribution in [0.1, 0.15) is 5.56 Å². The van der Waals surface area contributed by atoms with Gasteiger partial charge in [0.25, 0.3) is 0 Å². The summed E-state index contributed by atoms with van der Waals surface area (Å²) in [5, 5.41) is 0.557. The van der Waals surface area contributed by atoms with E-state index < -0.39 is 0 Å². The van der Waals surface area contributed by atoms with E-state index in [1.165, 1.54) is 5.56 Å². The summed E-state index contributed by atoms with van der Waals surface area (Å²) in [6, 6.07) is 5.98. The second-order valence-corrected chi connectivity index (χ2v) is 4.45. The predicted octanol–water partition coefficient (Wildman–Crippen LogP) is 2.26. The molecule has 17 heavy (non-hydrogen) atoms. The molecule has 1 aliphatic rings. The summed E-state index contributed by atoms with van der Waals surface area (Å²) in [5.41, 5.74) is 8.63. The smallest absolute Gasteiger partial charge is 0.201 e. The molecular formula is C12H12ClN3O. The second kappa shape index (κ2) is 3.67. The number of nitrogens with two attached hydrogens (primary N) is 1. The molecule has 0 saturated heterocycles. The fourth-order valence-electron chi connectivity index (χ4n) is 2.01. The first-order valence-corrected chi connectivity index (χ1v) is 5.78. The fraction of sp³-hybridized carbons (Fsp3) is 0.250. The third kappa shape index (κ3) is 1.56. The first-order chi connectivity index (χ1) is 8.16. The molecule has 0 spiro atoms. The molecular weight excluding hydrogens is 238 g/mol. The Morgan fingerprint density at radius 3 is 3.00 bits per heavy atom. The van der Waals surface area contributed by atoms with E-state index >= 15 is 0 Å². The highest BCUT2D eigenvalue weighted by Gasteiger charge is 2.17. The average Bonchev–Trinajstić information content (AvgIpc) is 2.89. The molecule has 1 aromatic heterocycles. The molecule has 88 valence electrons. The Hall–Kier alpha value is -1.68. The van der Waals surface area contributed by atoms with Gasteiger partial charge in [0.2, 0.25) is 5.95 Å². The first-order valence-electron chi connectivity index (χ1n) is 5.40. The Kier molecular flexibility index (Phi) is 2.26. The highest BCUT2D eigenvalue weighted by Crippen LogP contribution is 2.33. The molecule has 1 aromatic carbocycles. The van der Waals surface area contributed by atoms with Crippen LogP contribution in [-0.2, 0) is 13.5 Å². The van der Waals surface area contributed by atoms with Crippen molar-refractivity contribution in [2.24, 2.45) is 7.05 Å². The van der Waals surface area contributed by atoms with Crippen LogP contribution >= 0.6 is 11.6 Å². The van der Waals surface area contributed by atoms with Gasteiger partial charge in [-0.25, -0.2) is 4.98 Å². The van der Waals surface area contributed by atoms with Crippen LogP contribution in [0.3, 0.4) is 0 Å². The molecule has 2 N–H and O–H groups in total. The van der Waals surface area contributed by atoms with E-state index in [-0.39, 0.29) is 0 Å². The maximum absolute atomic E-state index is 6.19. The number of hydrogen-bond acceptors (Lipinski definition) is 3. The van der Waals surface area contributed by atoms with Gasteiger partial charge in [0, 0.05) is 19.0 Å². The minimum absolute atomic E-state index is 0.418. The Bertz CT molecular complexity index is 592. The molecule has 0 saturated carbocycles. The summed E-state index contributed by atoms with van der Waals surface area (Å²) in [5.74, 6) is 1.37. The van der Waals surface area contributed by atoms with Crippen LogP contribution in [0.15, 0.2) is 18.2 Å². The minimum Gasteiger partial charge on any atom is -0.493 e. The maximum atomic E-state index is 6.19. The summed E-state index contributed by atoms with van der Waals surface area (Å²) in [7, 11) is 1.80. The number of aromatic nitrogens is 2. The van der Waals surface area contributed by atoms with Crippen molar-refractivity contribution < 1.29 is 4.74 Å². The lowest BCUT2D eigenvalue weighted by Gasteiger charge is -2.02. The molecule has 0 amide bonds. The molecule has 0 atom stereocenters. The summed E-state index contributed by atoms with van der Waals surface area (Å²) in [6.07, 6.45) is 0.934. The molecule has 2 heterocycles. The Morgan fingerprint density at radius 1 is 1.47 bits per heavy atom. The first kappa shape index (κ1) is 10.5. The number of fused-ring (bicyclic) bond motifs is 1. The normalized spacial score (nSPS) is 13.5. The number of nitrogen functional groups attached to an aromatic ring is 1. The van der Waals surface area contributed by atoms with Crippen LogP contribution in [-0.4, -0.2) is 16.2 Å². The molecule has 1 aliphatic heterocycles. The van der Waals surface area contributed by atoms with E-state index in [4.69, 9.17) is 22.1 Å². The highest BCUT2D eigenvalue weighted by molar-refractivity contribution is 6.32. The molecule has 0 unspecified atom stereocenters. The molecule has 4 nitrogen and oxygen atoms in total. The van der Waals surface area contributed by atoms with Gasteiger partial charge in [-0.15, -0.1) is 0 Å². The van der Waals surface area contributed by atoms with Crippen molar-refractivity contribution in [1.82, 2.24) is 9.55 Å². The summed E-state index contributed by atoms with van der Waals surface area (Å²) in [4.78, 5) is 4.27. The van der Waals surface area contributed by atoms with Gasteiger partial charge >= 0.3 is 0 Å². The predicted molar refractivity (Wildman–Crippen MR) is 67.3 cm³/mol.